The third-order valence-electron chi connectivity index (χ3n) is 1.85. The summed E-state index contributed by atoms with van der Waals surface area (Å²) in [5.41, 5.74) is -0.0964. The quantitative estimate of drug-likeness (QED) is 0.451. The molecule has 1 aromatic rings. The predicted octanol–water partition coefficient (Wildman–Crippen LogP) is 0.767. The third-order valence-corrected chi connectivity index (χ3v) is 1.85. The predicted molar refractivity (Wildman–Crippen MR) is 51.9 cm³/mol. The van der Waals surface area contributed by atoms with Crippen molar-refractivity contribution in [1.29, 1.82) is 0 Å². The Morgan fingerprint density at radius 2 is 2.20 bits per heavy atom. The van der Waals surface area contributed by atoms with Gasteiger partial charge in [-0.05, 0) is 6.07 Å². The number of rotatable bonds is 3. The first-order valence-electron chi connectivity index (χ1n) is 4.06. The third kappa shape index (κ3) is 2.16. The smallest absolute Gasteiger partial charge is 0.270 e. The molecule has 0 radical (unpaired) electrons. The van der Waals surface area contributed by atoms with E-state index in [1.165, 1.54) is 19.2 Å². The van der Waals surface area contributed by atoms with E-state index in [9.17, 15) is 19.7 Å². The Kier molecular flexibility index (Phi) is 3.12. The Balaban J connectivity index is 3.31. The van der Waals surface area contributed by atoms with Crippen molar-refractivity contribution in [3.05, 3.63) is 39.4 Å². The van der Waals surface area contributed by atoms with Crippen LogP contribution in [0.15, 0.2) is 18.2 Å². The second-order valence-corrected chi connectivity index (χ2v) is 2.73. The molecule has 0 aliphatic heterocycles. The molecule has 0 atom stereocenters. The molecule has 1 rings (SSSR count). The zero-order chi connectivity index (χ0) is 11.4. The molecule has 15 heavy (non-hydrogen) atoms. The van der Waals surface area contributed by atoms with Crippen LogP contribution in [0.3, 0.4) is 0 Å². The average molecular weight is 208 g/mol. The van der Waals surface area contributed by atoms with Gasteiger partial charge in [-0.3, -0.25) is 19.7 Å². The number of non-ortho nitro benzene ring substituents is 1. The number of nitrogens with zero attached hydrogens (tertiary/aromatic N) is 1. The van der Waals surface area contributed by atoms with E-state index in [-0.39, 0.29) is 16.8 Å². The molecule has 0 spiro atoms. The average Bonchev–Trinajstić information content (AvgIpc) is 2.27. The molecule has 0 aliphatic carbocycles. The van der Waals surface area contributed by atoms with E-state index < -0.39 is 10.8 Å². The van der Waals surface area contributed by atoms with Gasteiger partial charge in [-0.2, -0.15) is 0 Å². The molecule has 0 heterocycles. The highest BCUT2D eigenvalue weighted by Gasteiger charge is 2.14. The maximum Gasteiger partial charge on any atom is 0.270 e. The normalized spacial score (nSPS) is 9.40. The lowest BCUT2D eigenvalue weighted by atomic mass is 10.1. The standard InChI is InChI=1S/C9H8N2O4/c1-10-9(13)8-4-7(11(14)15)3-2-6(8)5-12/h2-5H,1H3,(H,10,13). The zero-order valence-electron chi connectivity index (χ0n) is 7.89. The zero-order valence-corrected chi connectivity index (χ0v) is 7.89. The summed E-state index contributed by atoms with van der Waals surface area (Å²) in [7, 11) is 1.38. The molecule has 0 aliphatic rings. The maximum atomic E-state index is 11.3. The van der Waals surface area contributed by atoms with Crippen LogP contribution in [0.5, 0.6) is 0 Å². The number of aldehydes is 1. The molecule has 0 saturated heterocycles. The van der Waals surface area contributed by atoms with Crippen molar-refractivity contribution in [2.45, 2.75) is 0 Å². The summed E-state index contributed by atoms with van der Waals surface area (Å²) in [4.78, 5) is 31.7. The number of carbonyl (C=O) groups is 2. The van der Waals surface area contributed by atoms with E-state index in [4.69, 9.17) is 0 Å². The molecule has 0 fully saturated rings. The fraction of sp³-hybridized carbons (Fsp3) is 0.111. The van der Waals surface area contributed by atoms with Gasteiger partial charge in [0.25, 0.3) is 11.6 Å². The summed E-state index contributed by atoms with van der Waals surface area (Å²) in [6.45, 7) is 0. The summed E-state index contributed by atoms with van der Waals surface area (Å²) >= 11 is 0. The molecule has 78 valence electrons. The second-order valence-electron chi connectivity index (χ2n) is 2.73. The molecule has 1 amide bonds. The van der Waals surface area contributed by atoms with Crippen LogP contribution in [0, 0.1) is 10.1 Å². The van der Waals surface area contributed by atoms with Crippen molar-refractivity contribution < 1.29 is 14.5 Å². The van der Waals surface area contributed by atoms with Crippen molar-refractivity contribution in [1.82, 2.24) is 5.32 Å². The van der Waals surface area contributed by atoms with Gasteiger partial charge in [0.15, 0.2) is 6.29 Å². The Labute approximate surface area is 85.1 Å². The van der Waals surface area contributed by atoms with Crippen LogP contribution in [0.1, 0.15) is 20.7 Å². The second kappa shape index (κ2) is 4.32. The number of nitro groups is 1. The molecule has 0 saturated carbocycles. The molecule has 6 heteroatoms. The molecule has 1 aromatic carbocycles. The van der Waals surface area contributed by atoms with Gasteiger partial charge in [0.2, 0.25) is 0 Å². The van der Waals surface area contributed by atoms with Crippen molar-refractivity contribution >= 4 is 17.9 Å². The van der Waals surface area contributed by atoms with E-state index in [1.54, 1.807) is 0 Å². The van der Waals surface area contributed by atoms with Crippen molar-refractivity contribution in [2.75, 3.05) is 7.05 Å². The van der Waals surface area contributed by atoms with E-state index in [0.717, 1.165) is 6.07 Å². The lowest BCUT2D eigenvalue weighted by Gasteiger charge is -2.02. The van der Waals surface area contributed by atoms with Crippen LogP contribution in [0.25, 0.3) is 0 Å². The Bertz CT molecular complexity index is 428. The maximum absolute atomic E-state index is 11.3. The van der Waals surface area contributed by atoms with Crippen LogP contribution in [-0.2, 0) is 0 Å². The molecule has 1 N–H and O–H groups in total. The van der Waals surface area contributed by atoms with Crippen LogP contribution in [-0.4, -0.2) is 24.2 Å². The van der Waals surface area contributed by atoms with Crippen molar-refractivity contribution in [3.8, 4) is 0 Å². The Hall–Kier alpha value is -2.24. The summed E-state index contributed by atoms with van der Waals surface area (Å²) in [5.74, 6) is -0.527. The fourth-order valence-electron chi connectivity index (χ4n) is 1.09. The van der Waals surface area contributed by atoms with E-state index in [2.05, 4.69) is 5.32 Å². The number of nitrogens with one attached hydrogen (secondary N) is 1. The highest BCUT2D eigenvalue weighted by molar-refractivity contribution is 6.01. The summed E-state index contributed by atoms with van der Waals surface area (Å²) < 4.78 is 0. The minimum atomic E-state index is -0.624. The minimum Gasteiger partial charge on any atom is -0.355 e. The summed E-state index contributed by atoms with van der Waals surface area (Å²) in [6, 6.07) is 3.49. The summed E-state index contributed by atoms with van der Waals surface area (Å²) in [5, 5.41) is 12.8. The van der Waals surface area contributed by atoms with Gasteiger partial charge in [-0.1, -0.05) is 0 Å². The van der Waals surface area contributed by atoms with E-state index >= 15 is 0 Å². The number of nitro benzene ring substituents is 1. The number of amides is 1. The first-order valence-corrected chi connectivity index (χ1v) is 4.06. The monoisotopic (exact) mass is 208 g/mol. The molecule has 0 unspecified atom stereocenters. The van der Waals surface area contributed by atoms with Gasteiger partial charge in [0.1, 0.15) is 0 Å². The Morgan fingerprint density at radius 3 is 2.67 bits per heavy atom. The minimum absolute atomic E-state index is 0.00157. The lowest BCUT2D eigenvalue weighted by molar-refractivity contribution is -0.384. The first kappa shape index (κ1) is 10.8. The van der Waals surface area contributed by atoms with Gasteiger partial charge in [0.05, 0.1) is 10.5 Å². The molecule has 6 nitrogen and oxygen atoms in total. The van der Waals surface area contributed by atoms with Crippen LogP contribution < -0.4 is 5.32 Å². The number of hydrogen-bond donors (Lipinski definition) is 1. The van der Waals surface area contributed by atoms with Gasteiger partial charge in [0, 0.05) is 24.7 Å². The van der Waals surface area contributed by atoms with E-state index in [1.807, 2.05) is 0 Å². The molecular formula is C9H8N2O4. The molecular weight excluding hydrogens is 200 g/mol. The summed E-state index contributed by atoms with van der Waals surface area (Å²) in [6.07, 6.45) is 0.480. The number of carbonyl (C=O) groups excluding carboxylic acids is 2. The van der Waals surface area contributed by atoms with Gasteiger partial charge in [-0.25, -0.2) is 0 Å². The lowest BCUT2D eigenvalue weighted by Crippen LogP contribution is -2.19. The number of hydrogen-bond acceptors (Lipinski definition) is 4. The first-order chi connectivity index (χ1) is 7.10. The highest BCUT2D eigenvalue weighted by atomic mass is 16.6. The van der Waals surface area contributed by atoms with Gasteiger partial charge >= 0.3 is 0 Å². The van der Waals surface area contributed by atoms with Crippen LogP contribution in [0.2, 0.25) is 0 Å². The van der Waals surface area contributed by atoms with Crippen molar-refractivity contribution in [3.63, 3.8) is 0 Å². The SMILES string of the molecule is CNC(=O)c1cc([N+](=O)[O-])ccc1C=O. The van der Waals surface area contributed by atoms with Gasteiger partial charge in [-0.15, -0.1) is 0 Å². The van der Waals surface area contributed by atoms with Crippen molar-refractivity contribution in [2.24, 2.45) is 0 Å². The van der Waals surface area contributed by atoms with Crippen LogP contribution in [0.4, 0.5) is 5.69 Å². The van der Waals surface area contributed by atoms with Crippen LogP contribution >= 0.6 is 0 Å². The Morgan fingerprint density at radius 1 is 1.53 bits per heavy atom. The van der Waals surface area contributed by atoms with E-state index in [0.29, 0.717) is 6.29 Å². The highest BCUT2D eigenvalue weighted by Crippen LogP contribution is 2.16. The fourth-order valence-corrected chi connectivity index (χ4v) is 1.09. The molecule has 0 aromatic heterocycles. The molecule has 0 bridgehead atoms. The van der Waals surface area contributed by atoms with Gasteiger partial charge < -0.3 is 5.32 Å². The largest absolute Gasteiger partial charge is 0.355 e. The number of benzene rings is 1. The topological polar surface area (TPSA) is 89.3 Å².